The summed E-state index contributed by atoms with van der Waals surface area (Å²) in [6, 6.07) is 9.61. The van der Waals surface area contributed by atoms with Crippen molar-refractivity contribution in [1.82, 2.24) is 0 Å². The molecule has 2 nitrogen and oxygen atoms in total. The van der Waals surface area contributed by atoms with Crippen LogP contribution in [0.25, 0.3) is 0 Å². The molecule has 15 heavy (non-hydrogen) atoms. The van der Waals surface area contributed by atoms with Gasteiger partial charge in [-0.2, -0.15) is 0 Å². The number of allylic oxidation sites excluding steroid dienone is 2. The number of hydrogen-bond donors (Lipinski definition) is 0. The second-order valence-corrected chi connectivity index (χ2v) is 3.46. The monoisotopic (exact) mass is 222 g/mol. The molecule has 1 atom stereocenters. The fourth-order valence-electron chi connectivity index (χ4n) is 0.919. The zero-order chi connectivity index (χ0) is 10.8. The summed E-state index contributed by atoms with van der Waals surface area (Å²) in [6.45, 7) is 3.64. The van der Waals surface area contributed by atoms with Gasteiger partial charge in [0.1, 0.15) is 5.75 Å². The standard InChI is InChI=1S/C12H15O2P/c1-2-3-4-8-11-13-15-14-12-9-6-5-7-10-12/h2,5-11,15H,1,3-4H2/b11-8+. The van der Waals surface area contributed by atoms with Gasteiger partial charge in [0.25, 0.3) is 9.03 Å². The first kappa shape index (κ1) is 11.8. The highest BCUT2D eigenvalue weighted by Crippen LogP contribution is 2.20. The summed E-state index contributed by atoms with van der Waals surface area (Å²) in [4.78, 5) is 0. The third-order valence-corrected chi connectivity index (χ3v) is 2.20. The third kappa shape index (κ3) is 5.92. The molecule has 1 rings (SSSR count). The molecular formula is C12H15O2P. The van der Waals surface area contributed by atoms with Crippen LogP contribution >= 0.6 is 9.03 Å². The van der Waals surface area contributed by atoms with Crippen molar-refractivity contribution in [3.63, 3.8) is 0 Å². The summed E-state index contributed by atoms with van der Waals surface area (Å²) in [5, 5.41) is 0. The van der Waals surface area contributed by atoms with Gasteiger partial charge in [-0.15, -0.1) is 6.58 Å². The Bertz CT molecular complexity index is 296. The van der Waals surface area contributed by atoms with Gasteiger partial charge in [-0.1, -0.05) is 24.3 Å². The van der Waals surface area contributed by atoms with Crippen molar-refractivity contribution in [3.8, 4) is 5.75 Å². The zero-order valence-corrected chi connectivity index (χ0v) is 9.56. The fourth-order valence-corrected chi connectivity index (χ4v) is 1.35. The van der Waals surface area contributed by atoms with Crippen LogP contribution in [0.15, 0.2) is 55.3 Å². The van der Waals surface area contributed by atoms with E-state index in [1.165, 1.54) is 0 Å². The van der Waals surface area contributed by atoms with E-state index in [4.69, 9.17) is 9.05 Å². The molecule has 0 aliphatic rings. The summed E-state index contributed by atoms with van der Waals surface area (Å²) >= 11 is 0. The van der Waals surface area contributed by atoms with Gasteiger partial charge in [0.15, 0.2) is 0 Å². The lowest BCUT2D eigenvalue weighted by molar-refractivity contribution is 0.466. The quantitative estimate of drug-likeness (QED) is 0.299. The molecule has 1 aromatic rings. The topological polar surface area (TPSA) is 18.5 Å². The Labute approximate surface area is 92.6 Å². The number of para-hydroxylation sites is 1. The van der Waals surface area contributed by atoms with Crippen LogP contribution in [0.1, 0.15) is 12.8 Å². The Morgan fingerprint density at radius 1 is 1.20 bits per heavy atom. The van der Waals surface area contributed by atoms with Gasteiger partial charge in [-0.05, 0) is 31.1 Å². The molecule has 1 aromatic carbocycles. The van der Waals surface area contributed by atoms with Crippen LogP contribution in [-0.4, -0.2) is 0 Å². The van der Waals surface area contributed by atoms with Crippen LogP contribution in [0.5, 0.6) is 5.75 Å². The number of hydrogen-bond acceptors (Lipinski definition) is 2. The van der Waals surface area contributed by atoms with Gasteiger partial charge >= 0.3 is 0 Å². The third-order valence-electron chi connectivity index (χ3n) is 1.65. The summed E-state index contributed by atoms with van der Waals surface area (Å²) in [5.74, 6) is 0.829. The number of unbranched alkanes of at least 4 members (excludes halogenated alkanes) is 1. The number of benzene rings is 1. The Kier molecular flexibility index (Phi) is 6.35. The minimum Gasteiger partial charge on any atom is -0.449 e. The van der Waals surface area contributed by atoms with Gasteiger partial charge in [0.05, 0.1) is 6.26 Å². The number of rotatable bonds is 7. The first-order chi connectivity index (χ1) is 7.43. The van der Waals surface area contributed by atoms with Crippen LogP contribution in [0.3, 0.4) is 0 Å². The van der Waals surface area contributed by atoms with Crippen molar-refractivity contribution in [2.24, 2.45) is 0 Å². The Morgan fingerprint density at radius 2 is 2.00 bits per heavy atom. The van der Waals surface area contributed by atoms with Crippen LogP contribution in [-0.2, 0) is 4.52 Å². The van der Waals surface area contributed by atoms with Crippen molar-refractivity contribution >= 4 is 9.03 Å². The molecule has 0 amide bonds. The Hall–Kier alpha value is -1.27. The summed E-state index contributed by atoms with van der Waals surface area (Å²) in [6.07, 6.45) is 7.45. The van der Waals surface area contributed by atoms with Crippen molar-refractivity contribution in [3.05, 3.63) is 55.3 Å². The highest BCUT2D eigenvalue weighted by atomic mass is 31.1. The largest absolute Gasteiger partial charge is 0.449 e. The van der Waals surface area contributed by atoms with E-state index in [0.29, 0.717) is 0 Å². The average Bonchev–Trinajstić information content (AvgIpc) is 2.29. The molecule has 0 saturated heterocycles. The van der Waals surface area contributed by atoms with Crippen molar-refractivity contribution in [2.75, 3.05) is 0 Å². The highest BCUT2D eigenvalue weighted by molar-refractivity contribution is 7.26. The maximum absolute atomic E-state index is 5.35. The summed E-state index contributed by atoms with van der Waals surface area (Å²) < 4.78 is 10.5. The first-order valence-electron chi connectivity index (χ1n) is 4.82. The van der Waals surface area contributed by atoms with Gasteiger partial charge in [0, 0.05) is 0 Å². The molecular weight excluding hydrogens is 207 g/mol. The van der Waals surface area contributed by atoms with Crippen molar-refractivity contribution in [1.29, 1.82) is 0 Å². The molecule has 0 heterocycles. The van der Waals surface area contributed by atoms with Crippen LogP contribution in [0.2, 0.25) is 0 Å². The maximum Gasteiger partial charge on any atom is 0.274 e. The minimum absolute atomic E-state index is 0.00894. The van der Waals surface area contributed by atoms with E-state index in [1.54, 1.807) is 6.26 Å². The molecule has 1 unspecified atom stereocenters. The molecule has 0 aliphatic carbocycles. The van der Waals surface area contributed by atoms with Gasteiger partial charge < -0.3 is 9.05 Å². The summed E-state index contributed by atoms with van der Waals surface area (Å²) in [5.41, 5.74) is 0. The van der Waals surface area contributed by atoms with Crippen LogP contribution in [0.4, 0.5) is 0 Å². The smallest absolute Gasteiger partial charge is 0.274 e. The highest BCUT2D eigenvalue weighted by Gasteiger charge is 1.89. The molecule has 0 N–H and O–H groups in total. The lowest BCUT2D eigenvalue weighted by Gasteiger charge is -2.02. The molecule has 0 spiro atoms. The lowest BCUT2D eigenvalue weighted by atomic mass is 10.3. The van der Waals surface area contributed by atoms with E-state index in [2.05, 4.69) is 6.58 Å². The van der Waals surface area contributed by atoms with Crippen LogP contribution < -0.4 is 4.52 Å². The molecule has 0 radical (unpaired) electrons. The van der Waals surface area contributed by atoms with E-state index in [9.17, 15) is 0 Å². The molecule has 3 heteroatoms. The van der Waals surface area contributed by atoms with E-state index in [1.807, 2.05) is 42.5 Å². The van der Waals surface area contributed by atoms with Gasteiger partial charge in [0.2, 0.25) is 0 Å². The van der Waals surface area contributed by atoms with E-state index in [-0.39, 0.29) is 9.03 Å². The maximum atomic E-state index is 5.35. The van der Waals surface area contributed by atoms with E-state index < -0.39 is 0 Å². The molecule has 0 bridgehead atoms. The van der Waals surface area contributed by atoms with Gasteiger partial charge in [-0.25, -0.2) is 0 Å². The first-order valence-corrected chi connectivity index (χ1v) is 5.63. The predicted octanol–water partition coefficient (Wildman–Crippen LogP) is 4.07. The fraction of sp³-hybridized carbons (Fsp3) is 0.167. The molecule has 80 valence electrons. The van der Waals surface area contributed by atoms with Gasteiger partial charge in [-0.3, -0.25) is 0 Å². The Balaban J connectivity index is 2.07. The molecule has 0 saturated carbocycles. The van der Waals surface area contributed by atoms with E-state index in [0.717, 1.165) is 18.6 Å². The SMILES string of the molecule is C=CCC/C=C/OPOc1ccccc1. The minimum atomic E-state index is 0.00894. The molecule has 0 fully saturated rings. The normalized spacial score (nSPS) is 10.9. The van der Waals surface area contributed by atoms with E-state index >= 15 is 0 Å². The second-order valence-electron chi connectivity index (χ2n) is 2.85. The van der Waals surface area contributed by atoms with Crippen molar-refractivity contribution < 1.29 is 9.05 Å². The second kappa shape index (κ2) is 8.07. The zero-order valence-electron chi connectivity index (χ0n) is 8.56. The van der Waals surface area contributed by atoms with Crippen LogP contribution in [0, 0.1) is 0 Å². The molecule has 0 aromatic heterocycles. The average molecular weight is 222 g/mol. The predicted molar refractivity (Wildman–Crippen MR) is 65.0 cm³/mol. The lowest BCUT2D eigenvalue weighted by Crippen LogP contribution is -1.77. The molecule has 0 aliphatic heterocycles. The summed E-state index contributed by atoms with van der Waals surface area (Å²) in [7, 11) is 0.00894. The Morgan fingerprint density at radius 3 is 2.73 bits per heavy atom. The van der Waals surface area contributed by atoms with Crippen molar-refractivity contribution in [2.45, 2.75) is 12.8 Å².